The molecule has 0 aromatic carbocycles. The number of carbonyl (C=O) groups is 1. The van der Waals surface area contributed by atoms with Gasteiger partial charge in [0, 0.05) is 31.3 Å². The van der Waals surface area contributed by atoms with E-state index in [0.717, 1.165) is 0 Å². The van der Waals surface area contributed by atoms with Crippen molar-refractivity contribution in [2.45, 2.75) is 31.4 Å². The first kappa shape index (κ1) is 10.3. The Balaban J connectivity index is 1.67. The largest absolute Gasteiger partial charge is 0.464 e. The number of nitrogens with one attached hydrogen (secondary N) is 2. The van der Waals surface area contributed by atoms with Gasteiger partial charge in [-0.3, -0.25) is 4.79 Å². The highest BCUT2D eigenvalue weighted by molar-refractivity contribution is 5.83. The first-order valence-corrected chi connectivity index (χ1v) is 5.85. The molecule has 1 aromatic rings. The van der Waals surface area contributed by atoms with Crippen LogP contribution in [0.5, 0.6) is 5.88 Å². The maximum Gasteiger partial charge on any atom is 0.261 e. The van der Waals surface area contributed by atoms with Gasteiger partial charge in [0.25, 0.3) is 5.91 Å². The summed E-state index contributed by atoms with van der Waals surface area (Å²) in [7, 11) is 0. The molecule has 2 aliphatic rings. The molecule has 1 saturated carbocycles. The van der Waals surface area contributed by atoms with Crippen molar-refractivity contribution in [2.75, 3.05) is 11.9 Å². The van der Waals surface area contributed by atoms with Crippen LogP contribution < -0.4 is 15.4 Å². The molecule has 3 rings (SSSR count). The van der Waals surface area contributed by atoms with E-state index in [1.807, 2.05) is 0 Å². The molecule has 0 spiro atoms. The van der Waals surface area contributed by atoms with Crippen LogP contribution in [0.2, 0.25) is 0 Å². The highest BCUT2D eigenvalue weighted by atomic mass is 16.5. The van der Waals surface area contributed by atoms with Crippen LogP contribution in [-0.4, -0.2) is 34.6 Å². The molecule has 0 bridgehead atoms. The smallest absolute Gasteiger partial charge is 0.261 e. The summed E-state index contributed by atoms with van der Waals surface area (Å²) in [4.78, 5) is 19.7. The molecule has 1 saturated heterocycles. The Hall–Kier alpha value is -1.85. The Kier molecular flexibility index (Phi) is 2.55. The average molecular weight is 234 g/mol. The topological polar surface area (TPSA) is 76.1 Å². The van der Waals surface area contributed by atoms with Crippen LogP contribution in [0.3, 0.4) is 0 Å². The van der Waals surface area contributed by atoms with Crippen LogP contribution in [0.15, 0.2) is 12.3 Å². The molecule has 2 heterocycles. The Morgan fingerprint density at radius 1 is 1.41 bits per heavy atom. The van der Waals surface area contributed by atoms with E-state index >= 15 is 0 Å². The van der Waals surface area contributed by atoms with Gasteiger partial charge in [-0.05, 0) is 12.8 Å². The summed E-state index contributed by atoms with van der Waals surface area (Å²) in [6, 6.07) is 2.17. The monoisotopic (exact) mass is 234 g/mol. The van der Waals surface area contributed by atoms with Crippen molar-refractivity contribution in [3.63, 3.8) is 0 Å². The number of nitrogens with zero attached hydrogens (tertiary/aromatic N) is 2. The lowest BCUT2D eigenvalue weighted by Crippen LogP contribution is -2.28. The quantitative estimate of drug-likeness (QED) is 0.784. The number of amides is 1. The zero-order chi connectivity index (χ0) is 11.7. The van der Waals surface area contributed by atoms with Crippen molar-refractivity contribution >= 4 is 11.9 Å². The first-order chi connectivity index (χ1) is 8.31. The summed E-state index contributed by atoms with van der Waals surface area (Å²) in [5, 5.41) is 5.91. The number of hydrogen-bond donors (Lipinski definition) is 2. The molecular formula is C11H14N4O2. The fourth-order valence-corrected chi connectivity index (χ4v) is 1.72. The summed E-state index contributed by atoms with van der Waals surface area (Å²) in [5.74, 6) is 0.953. The summed E-state index contributed by atoms with van der Waals surface area (Å²) >= 11 is 0. The summed E-state index contributed by atoms with van der Waals surface area (Å²) in [5.41, 5.74) is 0. The summed E-state index contributed by atoms with van der Waals surface area (Å²) in [6.45, 7) is 0.668. The Labute approximate surface area is 98.8 Å². The fourth-order valence-electron chi connectivity index (χ4n) is 1.72. The maximum atomic E-state index is 11.4. The molecule has 0 radical (unpaired) electrons. The number of anilines is 1. The fraction of sp³-hybridized carbons (Fsp3) is 0.545. The van der Waals surface area contributed by atoms with Crippen LogP contribution in [0.1, 0.15) is 19.3 Å². The van der Waals surface area contributed by atoms with E-state index in [9.17, 15) is 4.79 Å². The van der Waals surface area contributed by atoms with Crippen LogP contribution >= 0.6 is 0 Å². The van der Waals surface area contributed by atoms with E-state index < -0.39 is 6.10 Å². The second-order valence-corrected chi connectivity index (χ2v) is 4.32. The second kappa shape index (κ2) is 4.20. The molecule has 2 N–H and O–H groups in total. The maximum absolute atomic E-state index is 11.4. The van der Waals surface area contributed by atoms with E-state index in [0.29, 0.717) is 30.8 Å². The Bertz CT molecular complexity index is 433. The van der Waals surface area contributed by atoms with Crippen LogP contribution in [0.4, 0.5) is 5.95 Å². The van der Waals surface area contributed by atoms with Gasteiger partial charge in [0.05, 0.1) is 0 Å². The molecule has 6 nitrogen and oxygen atoms in total. The molecule has 90 valence electrons. The summed E-state index contributed by atoms with van der Waals surface area (Å²) in [6.07, 6.45) is 4.24. The first-order valence-electron chi connectivity index (χ1n) is 5.85. The third-order valence-electron chi connectivity index (χ3n) is 2.80. The minimum atomic E-state index is -0.418. The predicted octanol–water partition coefficient (Wildman–Crippen LogP) is 0.318. The third-order valence-corrected chi connectivity index (χ3v) is 2.80. The van der Waals surface area contributed by atoms with Gasteiger partial charge in [-0.25, -0.2) is 4.98 Å². The van der Waals surface area contributed by atoms with Crippen LogP contribution in [0.25, 0.3) is 0 Å². The minimum absolute atomic E-state index is 0.0692. The summed E-state index contributed by atoms with van der Waals surface area (Å²) < 4.78 is 5.53. The van der Waals surface area contributed by atoms with Gasteiger partial charge in [0.1, 0.15) is 0 Å². The molecule has 17 heavy (non-hydrogen) atoms. The zero-order valence-corrected chi connectivity index (χ0v) is 9.35. The minimum Gasteiger partial charge on any atom is -0.464 e. The van der Waals surface area contributed by atoms with E-state index in [2.05, 4.69) is 20.6 Å². The van der Waals surface area contributed by atoms with Crippen molar-refractivity contribution in [1.82, 2.24) is 15.3 Å². The van der Waals surface area contributed by atoms with E-state index in [-0.39, 0.29) is 5.91 Å². The van der Waals surface area contributed by atoms with Gasteiger partial charge in [0.2, 0.25) is 11.8 Å². The normalized spacial score (nSPS) is 23.3. The molecule has 2 fully saturated rings. The van der Waals surface area contributed by atoms with Gasteiger partial charge < -0.3 is 15.4 Å². The van der Waals surface area contributed by atoms with Gasteiger partial charge in [-0.2, -0.15) is 4.98 Å². The molecule has 1 aliphatic heterocycles. The molecule has 1 atom stereocenters. The zero-order valence-electron chi connectivity index (χ0n) is 9.35. The lowest BCUT2D eigenvalue weighted by molar-refractivity contribution is -0.125. The number of ether oxygens (including phenoxy) is 1. The molecule has 6 heteroatoms. The predicted molar refractivity (Wildman–Crippen MR) is 60.7 cm³/mol. The van der Waals surface area contributed by atoms with Crippen molar-refractivity contribution in [3.8, 4) is 5.88 Å². The Morgan fingerprint density at radius 2 is 2.29 bits per heavy atom. The van der Waals surface area contributed by atoms with Crippen molar-refractivity contribution in [1.29, 1.82) is 0 Å². The standard InChI is InChI=1S/C11H14N4O2/c16-10-8(3-5-12-10)17-9-4-6-13-11(15-9)14-7-1-2-7/h4,6-8H,1-3,5H2,(H,12,16)(H,13,14,15). The van der Waals surface area contributed by atoms with E-state index in [1.165, 1.54) is 12.8 Å². The van der Waals surface area contributed by atoms with Crippen molar-refractivity contribution in [2.24, 2.45) is 0 Å². The van der Waals surface area contributed by atoms with E-state index in [4.69, 9.17) is 4.74 Å². The van der Waals surface area contributed by atoms with Gasteiger partial charge >= 0.3 is 0 Å². The molecule has 1 aromatic heterocycles. The number of aromatic nitrogens is 2. The Morgan fingerprint density at radius 3 is 3.00 bits per heavy atom. The average Bonchev–Trinajstić information content (AvgIpc) is 3.04. The van der Waals surface area contributed by atoms with E-state index in [1.54, 1.807) is 12.3 Å². The lowest BCUT2D eigenvalue weighted by atomic mass is 10.3. The molecule has 1 amide bonds. The number of carbonyl (C=O) groups excluding carboxylic acids is 1. The second-order valence-electron chi connectivity index (χ2n) is 4.32. The van der Waals surface area contributed by atoms with Crippen molar-refractivity contribution in [3.05, 3.63) is 12.3 Å². The highest BCUT2D eigenvalue weighted by Gasteiger charge is 2.26. The molecule has 1 aliphatic carbocycles. The van der Waals surface area contributed by atoms with Gasteiger partial charge in [-0.1, -0.05) is 0 Å². The molecule has 1 unspecified atom stereocenters. The van der Waals surface area contributed by atoms with Crippen LogP contribution in [0, 0.1) is 0 Å². The lowest BCUT2D eigenvalue weighted by Gasteiger charge is -2.10. The van der Waals surface area contributed by atoms with Gasteiger partial charge in [-0.15, -0.1) is 0 Å². The van der Waals surface area contributed by atoms with Crippen LogP contribution in [-0.2, 0) is 4.79 Å². The third kappa shape index (κ3) is 2.46. The molecular weight excluding hydrogens is 220 g/mol. The van der Waals surface area contributed by atoms with Gasteiger partial charge in [0.15, 0.2) is 6.10 Å². The number of rotatable bonds is 4. The highest BCUT2D eigenvalue weighted by Crippen LogP contribution is 2.23. The SMILES string of the molecule is O=C1NCCC1Oc1ccnc(NC2CC2)n1. The number of hydrogen-bond acceptors (Lipinski definition) is 5. The van der Waals surface area contributed by atoms with Crippen molar-refractivity contribution < 1.29 is 9.53 Å².